The van der Waals surface area contributed by atoms with Gasteiger partial charge in [-0.2, -0.15) is 8.42 Å². The minimum atomic E-state index is -5.08. The van der Waals surface area contributed by atoms with Crippen LogP contribution in [0.25, 0.3) is 0 Å². The molecule has 7 atom stereocenters. The third-order valence-electron chi connectivity index (χ3n) is 14.8. The third kappa shape index (κ3) is 41.1. The van der Waals surface area contributed by atoms with Crippen LogP contribution >= 0.6 is 0 Å². The van der Waals surface area contributed by atoms with Gasteiger partial charge in [0.05, 0.1) is 25.4 Å². The van der Waals surface area contributed by atoms with Crippen LogP contribution in [0.5, 0.6) is 0 Å². The fraction of sp³-hybridized carbons (Fsp3) is 0.949. The maximum absolute atomic E-state index is 13.2. The van der Waals surface area contributed by atoms with Gasteiger partial charge in [-0.25, -0.2) is 4.18 Å². The van der Waals surface area contributed by atoms with Crippen molar-refractivity contribution < 1.29 is 51.8 Å². The first-order valence-corrected chi connectivity index (χ1v) is 31.9. The highest BCUT2D eigenvalue weighted by atomic mass is 32.3. The zero-order valence-electron chi connectivity index (χ0n) is 46.5. The Bertz CT molecular complexity index is 1320. The van der Waals surface area contributed by atoms with Gasteiger partial charge >= 0.3 is 10.4 Å². The Morgan fingerprint density at radius 3 is 1.25 bits per heavy atom. The van der Waals surface area contributed by atoms with Gasteiger partial charge in [-0.05, 0) is 38.5 Å². The summed E-state index contributed by atoms with van der Waals surface area (Å²) >= 11 is 0. The van der Waals surface area contributed by atoms with Crippen molar-refractivity contribution >= 4 is 16.3 Å². The van der Waals surface area contributed by atoms with Crippen molar-refractivity contribution in [3.63, 3.8) is 0 Å². The number of carbonyl (C=O) groups is 1. The number of hydrogen-bond donors (Lipinski definition) is 6. The first-order valence-electron chi connectivity index (χ1n) is 30.6. The van der Waals surface area contributed by atoms with Gasteiger partial charge in [0.2, 0.25) is 5.91 Å². The molecule has 0 radical (unpaired) electrons. The van der Waals surface area contributed by atoms with Gasteiger partial charge in [-0.1, -0.05) is 270 Å². The highest BCUT2D eigenvalue weighted by molar-refractivity contribution is 7.80. The third-order valence-corrected chi connectivity index (χ3v) is 15.3. The van der Waals surface area contributed by atoms with Crippen LogP contribution in [0.15, 0.2) is 12.2 Å². The Morgan fingerprint density at radius 1 is 0.542 bits per heavy atom. The Kier molecular flexibility index (Phi) is 47.3. The number of nitrogens with one attached hydrogen (secondary N) is 1. The lowest BCUT2D eigenvalue weighted by molar-refractivity contribution is -0.298. The van der Waals surface area contributed by atoms with E-state index in [2.05, 4.69) is 35.5 Å². The van der Waals surface area contributed by atoms with E-state index in [0.717, 1.165) is 51.4 Å². The average Bonchev–Trinajstić information content (AvgIpc) is 3.36. The van der Waals surface area contributed by atoms with Gasteiger partial charge in [-0.3, -0.25) is 9.35 Å². The van der Waals surface area contributed by atoms with E-state index in [-0.39, 0.29) is 18.9 Å². The van der Waals surface area contributed by atoms with E-state index < -0.39 is 59.9 Å². The fourth-order valence-corrected chi connectivity index (χ4v) is 10.6. The van der Waals surface area contributed by atoms with Crippen molar-refractivity contribution in [1.29, 1.82) is 0 Å². The lowest BCUT2D eigenvalue weighted by Crippen LogP contribution is -2.61. The number of rotatable bonds is 54. The molecule has 0 saturated carbocycles. The van der Waals surface area contributed by atoms with Gasteiger partial charge in [-0.15, -0.1) is 0 Å². The quantitative estimate of drug-likeness (QED) is 0.0193. The summed E-state index contributed by atoms with van der Waals surface area (Å²) in [6.45, 7) is 3.50. The molecule has 12 nitrogen and oxygen atoms in total. The van der Waals surface area contributed by atoms with Crippen molar-refractivity contribution in [2.75, 3.05) is 13.2 Å². The Morgan fingerprint density at radius 2 is 0.889 bits per heavy atom. The zero-order valence-corrected chi connectivity index (χ0v) is 47.3. The normalized spacial score (nSPS) is 19.3. The molecule has 1 heterocycles. The average molecular weight is 1050 g/mol. The second kappa shape index (κ2) is 49.4. The summed E-state index contributed by atoms with van der Waals surface area (Å²) in [7, 11) is -5.08. The topological polar surface area (TPSA) is 192 Å². The number of carbonyl (C=O) groups excluding carboxylic acids is 1. The van der Waals surface area contributed by atoms with Crippen molar-refractivity contribution in [2.45, 2.75) is 346 Å². The second-order valence-corrected chi connectivity index (χ2v) is 22.7. The molecule has 6 N–H and O–H groups in total. The van der Waals surface area contributed by atoms with Crippen molar-refractivity contribution in [1.82, 2.24) is 5.32 Å². The van der Waals surface area contributed by atoms with E-state index in [1.165, 1.54) is 218 Å². The van der Waals surface area contributed by atoms with Crippen molar-refractivity contribution in [2.24, 2.45) is 0 Å². The molecule has 1 fully saturated rings. The van der Waals surface area contributed by atoms with Crippen LogP contribution in [0.2, 0.25) is 0 Å². The molecule has 0 spiro atoms. The fourth-order valence-electron chi connectivity index (χ4n) is 10.1. The molecule has 72 heavy (non-hydrogen) atoms. The summed E-state index contributed by atoms with van der Waals surface area (Å²) in [5, 5.41) is 45.2. The zero-order chi connectivity index (χ0) is 52.6. The summed E-state index contributed by atoms with van der Waals surface area (Å²) in [5.41, 5.74) is 0. The van der Waals surface area contributed by atoms with Crippen LogP contribution < -0.4 is 5.32 Å². The largest absolute Gasteiger partial charge is 0.397 e. The summed E-state index contributed by atoms with van der Waals surface area (Å²) in [6.07, 6.45) is 50.8. The molecule has 0 aromatic rings. The molecule has 1 saturated heterocycles. The molecule has 0 aromatic heterocycles. The highest BCUT2D eigenvalue weighted by Gasteiger charge is 2.48. The minimum absolute atomic E-state index is 0.229. The number of allylic oxidation sites excluding steroid dienone is 2. The molecule has 0 aliphatic carbocycles. The first-order chi connectivity index (χ1) is 35.0. The van der Waals surface area contributed by atoms with E-state index >= 15 is 0 Å². The molecule has 1 aliphatic heterocycles. The smallest absolute Gasteiger partial charge is 0.394 e. The van der Waals surface area contributed by atoms with Crippen LogP contribution in [0, 0.1) is 0 Å². The maximum Gasteiger partial charge on any atom is 0.397 e. The van der Waals surface area contributed by atoms with Gasteiger partial charge < -0.3 is 35.2 Å². The molecule has 1 aliphatic rings. The van der Waals surface area contributed by atoms with Gasteiger partial charge in [0.15, 0.2) is 6.29 Å². The number of unbranched alkanes of at least 4 members (excludes halogenated alkanes) is 40. The van der Waals surface area contributed by atoms with E-state index in [1.54, 1.807) is 0 Å². The predicted molar refractivity (Wildman–Crippen MR) is 296 cm³/mol. The van der Waals surface area contributed by atoms with E-state index in [4.69, 9.17) is 9.47 Å². The molecule has 13 heteroatoms. The molecular weight excluding hydrogens is 931 g/mol. The monoisotopic (exact) mass is 1050 g/mol. The molecular formula is C59H115NO11S. The lowest BCUT2D eigenvalue weighted by atomic mass is 9.99. The van der Waals surface area contributed by atoms with Crippen LogP contribution in [0.4, 0.5) is 0 Å². The summed E-state index contributed by atoms with van der Waals surface area (Å²) in [5.74, 6) is -0.229. The summed E-state index contributed by atoms with van der Waals surface area (Å²) in [4.78, 5) is 13.2. The lowest BCUT2D eigenvalue weighted by Gasteiger charge is -2.41. The molecule has 7 unspecified atom stereocenters. The minimum Gasteiger partial charge on any atom is -0.394 e. The number of hydrogen-bond acceptors (Lipinski definition) is 10. The molecule has 428 valence electrons. The Balaban J connectivity index is 2.33. The first kappa shape index (κ1) is 68.9. The maximum atomic E-state index is 13.2. The number of amides is 1. The molecule has 1 amide bonds. The van der Waals surface area contributed by atoms with Gasteiger partial charge in [0.1, 0.15) is 24.4 Å². The van der Waals surface area contributed by atoms with E-state index in [1.807, 2.05) is 0 Å². The van der Waals surface area contributed by atoms with Crippen LogP contribution in [0.3, 0.4) is 0 Å². The predicted octanol–water partition coefficient (Wildman–Crippen LogP) is 14.6. The standard InChI is InChI=1S/C59H115NO11S/c1-3-5-7-9-11-13-15-17-19-21-23-25-26-27-29-30-32-34-36-38-40-42-44-46-48-53(62)52(51-69-59-57(65)58(71-72(66,67)68)56(64)54(50-61)70-59)60-55(63)49-47-45-43-41-39-37-35-33-31-28-24-22-20-18-16-14-12-10-8-6-4-2/h28,31,52-54,56-59,61-62,64-65H,3-27,29-30,32-51H2,1-2H3,(H,60,63)(H,66,67,68)/b31-28-. The van der Waals surface area contributed by atoms with Crippen LogP contribution in [0.1, 0.15) is 303 Å². The number of aliphatic hydroxyl groups is 4. The van der Waals surface area contributed by atoms with Crippen molar-refractivity contribution in [3.05, 3.63) is 12.2 Å². The summed E-state index contributed by atoms with van der Waals surface area (Å²) < 4.78 is 48.0. The van der Waals surface area contributed by atoms with E-state index in [9.17, 15) is 38.2 Å². The summed E-state index contributed by atoms with van der Waals surface area (Å²) in [6, 6.07) is -0.859. The second-order valence-electron chi connectivity index (χ2n) is 21.6. The molecule has 1 rings (SSSR count). The number of aliphatic hydroxyl groups excluding tert-OH is 4. The van der Waals surface area contributed by atoms with E-state index in [0.29, 0.717) is 12.8 Å². The van der Waals surface area contributed by atoms with Crippen molar-refractivity contribution in [3.8, 4) is 0 Å². The SMILES string of the molecule is CCCCCCCCCCCC/C=C\CCCCCCCCCC(=O)NC(COC1OC(CO)C(O)C(OS(=O)(=O)O)C1O)C(O)CCCCCCCCCCCCCCCCCCCCCCCCCC. The number of ether oxygens (including phenoxy) is 2. The Labute approximate surface area is 442 Å². The molecule has 0 bridgehead atoms. The Hall–Kier alpha value is -1.16. The van der Waals surface area contributed by atoms with Crippen LogP contribution in [-0.2, 0) is 28.9 Å². The molecule has 0 aromatic carbocycles. The van der Waals surface area contributed by atoms with Gasteiger partial charge in [0, 0.05) is 6.42 Å². The highest BCUT2D eigenvalue weighted by Crippen LogP contribution is 2.26. The van der Waals surface area contributed by atoms with Gasteiger partial charge in [0.25, 0.3) is 0 Å². The van der Waals surface area contributed by atoms with Crippen LogP contribution in [-0.4, -0.2) is 95.4 Å².